The van der Waals surface area contributed by atoms with Gasteiger partial charge in [0.1, 0.15) is 0 Å². The molecule has 1 aliphatic heterocycles. The van der Waals surface area contributed by atoms with Crippen LogP contribution in [-0.2, 0) is 11.3 Å². The molecule has 0 aliphatic carbocycles. The van der Waals surface area contributed by atoms with Crippen LogP contribution in [0.1, 0.15) is 24.1 Å². The molecular weight excluding hydrogens is 334 g/mol. The second-order valence-electron chi connectivity index (χ2n) is 6.26. The molecule has 0 radical (unpaired) electrons. The van der Waals surface area contributed by atoms with Gasteiger partial charge in [0.25, 0.3) is 0 Å². The van der Waals surface area contributed by atoms with E-state index in [9.17, 15) is 4.79 Å². The number of nitrogens with zero attached hydrogens (tertiary/aromatic N) is 2. The zero-order chi connectivity index (χ0) is 17.5. The van der Waals surface area contributed by atoms with E-state index >= 15 is 0 Å². The van der Waals surface area contributed by atoms with E-state index in [-0.39, 0.29) is 11.9 Å². The number of hydrogen-bond donors (Lipinski definition) is 1. The predicted molar refractivity (Wildman–Crippen MR) is 101 cm³/mol. The fourth-order valence-electron chi connectivity index (χ4n) is 2.95. The summed E-state index contributed by atoms with van der Waals surface area (Å²) in [5.74, 6) is -0.0434. The van der Waals surface area contributed by atoms with Crippen molar-refractivity contribution in [2.75, 3.05) is 13.1 Å². The fourth-order valence-corrected chi connectivity index (χ4v) is 3.08. The summed E-state index contributed by atoms with van der Waals surface area (Å²) in [6.45, 7) is 2.82. The highest BCUT2D eigenvalue weighted by Crippen LogP contribution is 2.13. The fraction of sp³-hybridized carbons (Fsp3) is 0.300. The van der Waals surface area contributed by atoms with E-state index in [1.807, 2.05) is 48.7 Å². The molecular formula is C20H22ClN3O. The van der Waals surface area contributed by atoms with Gasteiger partial charge in [-0.05, 0) is 48.7 Å². The molecule has 4 nitrogen and oxygen atoms in total. The number of pyridine rings is 1. The normalized spacial score (nSPS) is 16.2. The minimum Gasteiger partial charge on any atom is -0.350 e. The van der Waals surface area contributed by atoms with Gasteiger partial charge in [-0.3, -0.25) is 14.7 Å². The molecule has 25 heavy (non-hydrogen) atoms. The number of halogens is 1. The molecule has 1 aliphatic rings. The maximum absolute atomic E-state index is 12.1. The van der Waals surface area contributed by atoms with Crippen LogP contribution in [0.25, 0.3) is 6.08 Å². The van der Waals surface area contributed by atoms with Crippen molar-refractivity contribution in [2.45, 2.75) is 25.4 Å². The van der Waals surface area contributed by atoms with Crippen LogP contribution < -0.4 is 5.32 Å². The smallest absolute Gasteiger partial charge is 0.244 e. The molecule has 1 fully saturated rings. The van der Waals surface area contributed by atoms with Crippen LogP contribution in [0.2, 0.25) is 5.02 Å². The topological polar surface area (TPSA) is 45.2 Å². The number of piperidine rings is 1. The van der Waals surface area contributed by atoms with Gasteiger partial charge in [-0.25, -0.2) is 0 Å². The van der Waals surface area contributed by atoms with Crippen LogP contribution in [0.4, 0.5) is 0 Å². The van der Waals surface area contributed by atoms with Crippen LogP contribution in [0.3, 0.4) is 0 Å². The van der Waals surface area contributed by atoms with Gasteiger partial charge in [-0.1, -0.05) is 29.8 Å². The summed E-state index contributed by atoms with van der Waals surface area (Å²) in [4.78, 5) is 18.8. The molecule has 0 spiro atoms. The number of nitrogens with one attached hydrogen (secondary N) is 1. The molecule has 1 aromatic heterocycles. The number of aromatic nitrogens is 1. The van der Waals surface area contributed by atoms with Gasteiger partial charge in [0.15, 0.2) is 0 Å². The van der Waals surface area contributed by atoms with Gasteiger partial charge >= 0.3 is 0 Å². The van der Waals surface area contributed by atoms with E-state index in [1.165, 1.54) is 0 Å². The van der Waals surface area contributed by atoms with Crippen molar-refractivity contribution in [3.8, 4) is 0 Å². The molecule has 0 unspecified atom stereocenters. The van der Waals surface area contributed by atoms with Crippen molar-refractivity contribution in [2.24, 2.45) is 0 Å². The third-order valence-corrected chi connectivity index (χ3v) is 4.59. The lowest BCUT2D eigenvalue weighted by atomic mass is 10.0. The first-order valence-corrected chi connectivity index (χ1v) is 8.93. The highest BCUT2D eigenvalue weighted by molar-refractivity contribution is 6.30. The predicted octanol–water partition coefficient (Wildman–Crippen LogP) is 3.53. The van der Waals surface area contributed by atoms with Crippen molar-refractivity contribution in [1.82, 2.24) is 15.2 Å². The van der Waals surface area contributed by atoms with Crippen molar-refractivity contribution in [1.29, 1.82) is 0 Å². The summed E-state index contributed by atoms with van der Waals surface area (Å²) in [6.07, 6.45) is 7.15. The zero-order valence-electron chi connectivity index (χ0n) is 14.1. The number of amides is 1. The highest BCUT2D eigenvalue weighted by Gasteiger charge is 2.20. The quantitative estimate of drug-likeness (QED) is 0.834. The minimum atomic E-state index is -0.0434. The lowest BCUT2D eigenvalue weighted by Gasteiger charge is -2.31. The second kappa shape index (κ2) is 8.79. The molecule has 1 saturated heterocycles. The van der Waals surface area contributed by atoms with E-state index < -0.39 is 0 Å². The maximum atomic E-state index is 12.1. The summed E-state index contributed by atoms with van der Waals surface area (Å²) < 4.78 is 0. The lowest BCUT2D eigenvalue weighted by molar-refractivity contribution is -0.117. The summed E-state index contributed by atoms with van der Waals surface area (Å²) in [6, 6.07) is 13.7. The molecule has 1 aromatic carbocycles. The Hall–Kier alpha value is -2.17. The second-order valence-corrected chi connectivity index (χ2v) is 6.70. The van der Waals surface area contributed by atoms with Gasteiger partial charge in [-0.2, -0.15) is 0 Å². The van der Waals surface area contributed by atoms with Gasteiger partial charge in [0.05, 0.1) is 5.69 Å². The molecule has 0 saturated carbocycles. The van der Waals surface area contributed by atoms with E-state index in [1.54, 1.807) is 6.08 Å². The average Bonchev–Trinajstić information content (AvgIpc) is 2.64. The average molecular weight is 356 g/mol. The molecule has 3 rings (SSSR count). The Morgan fingerprint density at radius 3 is 2.64 bits per heavy atom. The Morgan fingerprint density at radius 1 is 1.20 bits per heavy atom. The molecule has 1 N–H and O–H groups in total. The molecule has 5 heteroatoms. The first kappa shape index (κ1) is 17.6. The van der Waals surface area contributed by atoms with Crippen molar-refractivity contribution >= 4 is 23.6 Å². The van der Waals surface area contributed by atoms with Crippen LogP contribution in [0.15, 0.2) is 54.7 Å². The zero-order valence-corrected chi connectivity index (χ0v) is 14.8. The maximum Gasteiger partial charge on any atom is 0.244 e. The van der Waals surface area contributed by atoms with Gasteiger partial charge < -0.3 is 5.32 Å². The largest absolute Gasteiger partial charge is 0.350 e. The molecule has 2 aromatic rings. The van der Waals surface area contributed by atoms with E-state index in [0.717, 1.165) is 43.7 Å². The van der Waals surface area contributed by atoms with Crippen LogP contribution in [0.5, 0.6) is 0 Å². The van der Waals surface area contributed by atoms with E-state index in [2.05, 4.69) is 21.3 Å². The van der Waals surface area contributed by atoms with Crippen LogP contribution >= 0.6 is 11.6 Å². The Balaban J connectivity index is 1.42. The summed E-state index contributed by atoms with van der Waals surface area (Å²) in [7, 11) is 0. The van der Waals surface area contributed by atoms with Crippen LogP contribution in [-0.4, -0.2) is 34.9 Å². The first-order chi connectivity index (χ1) is 12.2. The Kier molecular flexibility index (Phi) is 6.20. The monoisotopic (exact) mass is 355 g/mol. The Labute approximate surface area is 153 Å². The standard InChI is InChI=1S/C20H22ClN3O/c21-17-7-4-16(5-8-17)6-9-20(25)23-18-10-13-24(14-11-18)15-19-3-1-2-12-22-19/h1-9,12,18H,10-11,13-15H2,(H,23,25)/b9-6+. The summed E-state index contributed by atoms with van der Waals surface area (Å²) in [5.41, 5.74) is 2.06. The van der Waals surface area contributed by atoms with Crippen molar-refractivity contribution in [3.05, 3.63) is 71.0 Å². The van der Waals surface area contributed by atoms with E-state index in [0.29, 0.717) is 5.02 Å². The van der Waals surface area contributed by atoms with Crippen molar-refractivity contribution in [3.63, 3.8) is 0 Å². The molecule has 0 bridgehead atoms. The molecule has 0 atom stereocenters. The summed E-state index contributed by atoms with van der Waals surface area (Å²) >= 11 is 5.85. The SMILES string of the molecule is O=C(/C=C/c1ccc(Cl)cc1)NC1CCN(Cc2ccccn2)CC1. The lowest BCUT2D eigenvalue weighted by Crippen LogP contribution is -2.43. The minimum absolute atomic E-state index is 0.0434. The number of carbonyl (C=O) groups excluding carboxylic acids is 1. The third-order valence-electron chi connectivity index (χ3n) is 4.34. The highest BCUT2D eigenvalue weighted by atomic mass is 35.5. The number of likely N-dealkylation sites (tertiary alicyclic amines) is 1. The first-order valence-electron chi connectivity index (χ1n) is 8.55. The van der Waals surface area contributed by atoms with Gasteiger partial charge in [0, 0.05) is 43.0 Å². The molecule has 1 amide bonds. The number of carbonyl (C=O) groups is 1. The number of rotatable bonds is 5. The Bertz CT molecular complexity index is 707. The van der Waals surface area contributed by atoms with Crippen LogP contribution in [0, 0.1) is 0 Å². The molecule has 2 heterocycles. The third kappa shape index (κ3) is 5.69. The number of hydrogen-bond acceptors (Lipinski definition) is 3. The Morgan fingerprint density at radius 2 is 1.96 bits per heavy atom. The van der Waals surface area contributed by atoms with E-state index in [4.69, 9.17) is 11.6 Å². The van der Waals surface area contributed by atoms with Gasteiger partial charge in [-0.15, -0.1) is 0 Å². The molecule has 130 valence electrons. The summed E-state index contributed by atoms with van der Waals surface area (Å²) in [5, 5.41) is 3.78. The van der Waals surface area contributed by atoms with Gasteiger partial charge in [0.2, 0.25) is 5.91 Å². The van der Waals surface area contributed by atoms with Crippen molar-refractivity contribution < 1.29 is 4.79 Å². The number of benzene rings is 1.